The maximum atomic E-state index is 11.4. The molecule has 0 aromatic rings. The van der Waals surface area contributed by atoms with Crippen molar-refractivity contribution in [1.29, 1.82) is 0 Å². The third-order valence-electron chi connectivity index (χ3n) is 1.99. The smallest absolute Gasteiger partial charge is 0.410 e. The van der Waals surface area contributed by atoms with Crippen molar-refractivity contribution in [3.05, 3.63) is 0 Å². The highest BCUT2D eigenvalue weighted by molar-refractivity contribution is 6.04. The number of rotatable bonds is 4. The molecular weight excluding hydrogens is 240 g/mol. The predicted octanol–water partition coefficient (Wildman–Crippen LogP) is -1.07. The second-order valence-electron chi connectivity index (χ2n) is 3.00. The Morgan fingerprint density at radius 2 is 2.25 bits per heavy atom. The van der Waals surface area contributed by atoms with Crippen molar-refractivity contribution in [2.45, 2.75) is 6.04 Å². The average molecular weight is 253 g/mol. The van der Waals surface area contributed by atoms with Gasteiger partial charge in [-0.05, 0) is 0 Å². The SMILES string of the molecule is COC(=O)C(N)C(=O)CN1CCOC1=O.Cl. The minimum Gasteiger partial charge on any atom is -0.468 e. The van der Waals surface area contributed by atoms with E-state index in [9.17, 15) is 14.4 Å². The zero-order chi connectivity index (χ0) is 11.4. The first kappa shape index (κ1) is 14.7. The summed E-state index contributed by atoms with van der Waals surface area (Å²) in [6, 6.07) is -1.34. The summed E-state index contributed by atoms with van der Waals surface area (Å²) in [5.41, 5.74) is 5.29. The summed E-state index contributed by atoms with van der Waals surface area (Å²) in [6.07, 6.45) is -0.569. The fourth-order valence-electron chi connectivity index (χ4n) is 1.11. The van der Waals surface area contributed by atoms with Crippen LogP contribution in [-0.2, 0) is 19.1 Å². The van der Waals surface area contributed by atoms with E-state index in [2.05, 4.69) is 9.47 Å². The molecule has 8 heteroatoms. The van der Waals surface area contributed by atoms with E-state index in [0.29, 0.717) is 6.54 Å². The van der Waals surface area contributed by atoms with Gasteiger partial charge in [-0.15, -0.1) is 12.4 Å². The molecular formula is C8H13ClN2O5. The number of carbonyl (C=O) groups is 3. The summed E-state index contributed by atoms with van der Waals surface area (Å²) in [5, 5.41) is 0. The van der Waals surface area contributed by atoms with E-state index in [0.717, 1.165) is 7.11 Å². The highest BCUT2D eigenvalue weighted by atomic mass is 35.5. The summed E-state index contributed by atoms with van der Waals surface area (Å²) < 4.78 is 8.92. The Bertz CT molecular complexity index is 296. The third-order valence-corrected chi connectivity index (χ3v) is 1.99. The van der Waals surface area contributed by atoms with Crippen LogP contribution in [0.4, 0.5) is 4.79 Å². The second-order valence-corrected chi connectivity index (χ2v) is 3.00. The summed E-state index contributed by atoms with van der Waals surface area (Å²) in [5.74, 6) is -1.38. The topological polar surface area (TPSA) is 98.9 Å². The maximum absolute atomic E-state index is 11.4. The van der Waals surface area contributed by atoms with E-state index in [1.807, 2.05) is 0 Å². The number of Topliss-reactive ketones (excluding diaryl/α,β-unsaturated/α-hetero) is 1. The zero-order valence-electron chi connectivity index (χ0n) is 8.67. The van der Waals surface area contributed by atoms with Gasteiger partial charge in [0, 0.05) is 0 Å². The Kier molecular flexibility index (Phi) is 5.76. The normalized spacial score (nSPS) is 16.1. The fourth-order valence-corrected chi connectivity index (χ4v) is 1.11. The molecule has 2 N–H and O–H groups in total. The standard InChI is InChI=1S/C8H12N2O5.ClH/c1-14-7(12)6(9)5(11)4-10-2-3-15-8(10)13;/h6H,2-4,9H2,1H3;1H. The number of ketones is 1. The summed E-state index contributed by atoms with van der Waals surface area (Å²) in [6.45, 7) is 0.354. The first-order valence-electron chi connectivity index (χ1n) is 4.34. The van der Waals surface area contributed by atoms with E-state index >= 15 is 0 Å². The van der Waals surface area contributed by atoms with E-state index in [4.69, 9.17) is 5.73 Å². The minimum atomic E-state index is -1.34. The molecule has 1 aliphatic heterocycles. The highest BCUT2D eigenvalue weighted by Crippen LogP contribution is 2.03. The molecule has 0 aromatic heterocycles. The van der Waals surface area contributed by atoms with Gasteiger partial charge in [-0.25, -0.2) is 9.59 Å². The van der Waals surface area contributed by atoms with Gasteiger partial charge in [0.2, 0.25) is 0 Å². The minimum absolute atomic E-state index is 0. The van der Waals surface area contributed by atoms with Crippen LogP contribution < -0.4 is 5.73 Å². The molecule has 0 radical (unpaired) electrons. The van der Waals surface area contributed by atoms with Gasteiger partial charge in [0.05, 0.1) is 20.2 Å². The molecule has 0 aromatic carbocycles. The number of hydrogen-bond acceptors (Lipinski definition) is 6. The van der Waals surface area contributed by atoms with Crippen LogP contribution in [0.1, 0.15) is 0 Å². The summed E-state index contributed by atoms with van der Waals surface area (Å²) in [4.78, 5) is 34.4. The van der Waals surface area contributed by atoms with Crippen molar-refractivity contribution in [2.75, 3.05) is 26.8 Å². The molecule has 16 heavy (non-hydrogen) atoms. The van der Waals surface area contributed by atoms with Crippen LogP contribution in [0.5, 0.6) is 0 Å². The first-order chi connectivity index (χ1) is 7.06. The predicted molar refractivity (Wildman–Crippen MR) is 55.2 cm³/mol. The first-order valence-corrected chi connectivity index (χ1v) is 4.34. The number of amides is 1. The third kappa shape index (κ3) is 3.35. The van der Waals surface area contributed by atoms with Gasteiger partial charge >= 0.3 is 12.1 Å². The van der Waals surface area contributed by atoms with Crippen molar-refractivity contribution in [1.82, 2.24) is 4.90 Å². The lowest BCUT2D eigenvalue weighted by atomic mass is 10.2. The number of cyclic esters (lactones) is 1. The molecule has 0 bridgehead atoms. The van der Waals surface area contributed by atoms with Gasteiger partial charge in [0.1, 0.15) is 6.61 Å². The fraction of sp³-hybridized carbons (Fsp3) is 0.625. The molecule has 0 spiro atoms. The molecule has 1 atom stereocenters. The number of esters is 1. The van der Waals surface area contributed by atoms with Gasteiger partial charge in [-0.1, -0.05) is 0 Å². The van der Waals surface area contributed by atoms with Crippen molar-refractivity contribution < 1.29 is 23.9 Å². The Hall–Kier alpha value is -1.34. The lowest BCUT2D eigenvalue weighted by molar-refractivity contribution is -0.145. The monoisotopic (exact) mass is 252 g/mol. The number of hydrogen-bond donors (Lipinski definition) is 1. The van der Waals surface area contributed by atoms with Crippen molar-refractivity contribution in [3.63, 3.8) is 0 Å². The Morgan fingerprint density at radius 3 is 2.69 bits per heavy atom. The molecule has 1 fully saturated rings. The quantitative estimate of drug-likeness (QED) is 0.505. The number of halogens is 1. The molecule has 0 aliphatic carbocycles. The molecule has 1 saturated heterocycles. The van der Waals surface area contributed by atoms with Gasteiger partial charge in [0.15, 0.2) is 11.8 Å². The van der Waals surface area contributed by atoms with Crippen LogP contribution in [0.3, 0.4) is 0 Å². The molecule has 1 unspecified atom stereocenters. The van der Waals surface area contributed by atoms with Crippen LogP contribution in [0.15, 0.2) is 0 Å². The van der Waals surface area contributed by atoms with Crippen LogP contribution >= 0.6 is 12.4 Å². The summed E-state index contributed by atoms with van der Waals surface area (Å²) in [7, 11) is 1.14. The van der Waals surface area contributed by atoms with Crippen molar-refractivity contribution in [3.8, 4) is 0 Å². The van der Waals surface area contributed by atoms with Gasteiger partial charge < -0.3 is 15.2 Å². The second kappa shape index (κ2) is 6.29. The Balaban J connectivity index is 0.00000225. The van der Waals surface area contributed by atoms with Gasteiger partial charge in [-0.3, -0.25) is 9.69 Å². The highest BCUT2D eigenvalue weighted by Gasteiger charge is 2.29. The molecule has 7 nitrogen and oxygen atoms in total. The number of nitrogens with two attached hydrogens (primary N) is 1. The lowest BCUT2D eigenvalue weighted by Crippen LogP contribution is -2.45. The van der Waals surface area contributed by atoms with Crippen molar-refractivity contribution >= 4 is 30.3 Å². The van der Waals surface area contributed by atoms with E-state index in [1.165, 1.54) is 4.90 Å². The number of ether oxygens (including phenoxy) is 2. The summed E-state index contributed by atoms with van der Waals surface area (Å²) >= 11 is 0. The Labute approximate surface area is 98.3 Å². The number of nitrogens with zero attached hydrogens (tertiary/aromatic N) is 1. The number of carbonyl (C=O) groups excluding carboxylic acids is 3. The molecule has 1 rings (SSSR count). The molecule has 0 saturated carbocycles. The van der Waals surface area contributed by atoms with Gasteiger partial charge in [0.25, 0.3) is 0 Å². The molecule has 1 amide bonds. The lowest BCUT2D eigenvalue weighted by Gasteiger charge is -2.13. The number of methoxy groups -OCH3 is 1. The van der Waals surface area contributed by atoms with Crippen LogP contribution in [0.2, 0.25) is 0 Å². The average Bonchev–Trinajstić information content (AvgIpc) is 2.62. The van der Waals surface area contributed by atoms with Crippen LogP contribution in [0, 0.1) is 0 Å². The van der Waals surface area contributed by atoms with Crippen LogP contribution in [0.25, 0.3) is 0 Å². The van der Waals surface area contributed by atoms with Gasteiger partial charge in [-0.2, -0.15) is 0 Å². The molecule has 1 aliphatic rings. The van der Waals surface area contributed by atoms with E-state index in [1.54, 1.807) is 0 Å². The van der Waals surface area contributed by atoms with Crippen molar-refractivity contribution in [2.24, 2.45) is 5.73 Å². The van der Waals surface area contributed by atoms with Crippen LogP contribution in [-0.4, -0.2) is 55.6 Å². The Morgan fingerprint density at radius 1 is 1.62 bits per heavy atom. The molecule has 1 heterocycles. The zero-order valence-corrected chi connectivity index (χ0v) is 9.49. The maximum Gasteiger partial charge on any atom is 0.410 e. The molecule has 92 valence electrons. The largest absolute Gasteiger partial charge is 0.468 e. The van der Waals surface area contributed by atoms with E-state index in [-0.39, 0.29) is 25.6 Å². The van der Waals surface area contributed by atoms with E-state index < -0.39 is 23.9 Å².